The van der Waals surface area contributed by atoms with Gasteiger partial charge in [-0.1, -0.05) is 0 Å². The van der Waals surface area contributed by atoms with Gasteiger partial charge in [-0.2, -0.15) is 0 Å². The summed E-state index contributed by atoms with van der Waals surface area (Å²) in [7, 11) is -3.41. The van der Waals surface area contributed by atoms with Crippen molar-refractivity contribution in [3.63, 3.8) is 0 Å². The van der Waals surface area contributed by atoms with Gasteiger partial charge in [0.2, 0.25) is 11.9 Å². The van der Waals surface area contributed by atoms with E-state index in [9.17, 15) is 13.2 Å². The summed E-state index contributed by atoms with van der Waals surface area (Å²) in [6.07, 6.45) is 7.14. The maximum absolute atomic E-state index is 12.6. The number of hydrogen-bond donors (Lipinski definition) is 0. The van der Waals surface area contributed by atoms with Crippen molar-refractivity contribution in [2.24, 2.45) is 5.92 Å². The third-order valence-corrected chi connectivity index (χ3v) is 7.14. The van der Waals surface area contributed by atoms with Crippen molar-refractivity contribution in [2.75, 3.05) is 50.5 Å². The molecule has 4 heterocycles. The third-order valence-electron chi connectivity index (χ3n) is 6.03. The number of carbonyl (C=O) groups is 1. The molecule has 154 valence electrons. The molecule has 1 atom stereocenters. The topological polar surface area (TPSA) is 92.7 Å². The second-order valence-corrected chi connectivity index (χ2v) is 10.0. The highest BCUT2D eigenvalue weighted by Crippen LogP contribution is 2.33. The molecule has 0 spiro atoms. The minimum Gasteiger partial charge on any atom is -0.381 e. The van der Waals surface area contributed by atoms with Crippen molar-refractivity contribution in [3.05, 3.63) is 11.9 Å². The van der Waals surface area contributed by atoms with Crippen molar-refractivity contribution < 1.29 is 17.9 Å². The smallest absolute Gasteiger partial charge is 0.228 e. The van der Waals surface area contributed by atoms with Gasteiger partial charge in [-0.15, -0.1) is 0 Å². The van der Waals surface area contributed by atoms with E-state index < -0.39 is 9.84 Å². The molecule has 0 aliphatic carbocycles. The molecular weight excluding hydrogens is 380 g/mol. The SMILES string of the molecule is CS(=O)(=O)c1cnc(N2CCCC2)nc1C1CCN(C(=O)[C@@H]2CCOC2)CC1. The Bertz CT molecular complexity index is 824. The van der Waals surface area contributed by atoms with Crippen molar-refractivity contribution in [2.45, 2.75) is 42.9 Å². The van der Waals surface area contributed by atoms with Gasteiger partial charge in [0.1, 0.15) is 4.90 Å². The maximum Gasteiger partial charge on any atom is 0.228 e. The fourth-order valence-electron chi connectivity index (χ4n) is 4.38. The number of rotatable bonds is 4. The molecule has 3 aliphatic rings. The number of sulfone groups is 1. The molecule has 1 aromatic heterocycles. The van der Waals surface area contributed by atoms with Crippen LogP contribution in [0.1, 0.15) is 43.7 Å². The Hall–Kier alpha value is -1.74. The van der Waals surface area contributed by atoms with E-state index >= 15 is 0 Å². The Labute approximate surface area is 166 Å². The number of amides is 1. The highest BCUT2D eigenvalue weighted by molar-refractivity contribution is 7.90. The predicted octanol–water partition coefficient (Wildman–Crippen LogP) is 1.22. The molecule has 0 unspecified atom stereocenters. The lowest BCUT2D eigenvalue weighted by Crippen LogP contribution is -2.41. The van der Waals surface area contributed by atoms with Gasteiger partial charge in [0.05, 0.1) is 24.4 Å². The number of aromatic nitrogens is 2. The fourth-order valence-corrected chi connectivity index (χ4v) is 5.22. The highest BCUT2D eigenvalue weighted by atomic mass is 32.2. The molecule has 3 saturated heterocycles. The Morgan fingerprint density at radius 1 is 1.14 bits per heavy atom. The van der Waals surface area contributed by atoms with E-state index in [0.29, 0.717) is 37.9 Å². The monoisotopic (exact) mass is 408 g/mol. The Morgan fingerprint density at radius 2 is 1.86 bits per heavy atom. The number of hydrogen-bond acceptors (Lipinski definition) is 7. The lowest BCUT2D eigenvalue weighted by atomic mass is 9.92. The van der Waals surface area contributed by atoms with E-state index in [1.54, 1.807) is 0 Å². The first-order valence-corrected chi connectivity index (χ1v) is 12.0. The average Bonchev–Trinajstić information content (AvgIpc) is 3.40. The lowest BCUT2D eigenvalue weighted by Gasteiger charge is -2.33. The summed E-state index contributed by atoms with van der Waals surface area (Å²) in [6, 6.07) is 0. The van der Waals surface area contributed by atoms with E-state index in [0.717, 1.165) is 45.2 Å². The van der Waals surface area contributed by atoms with E-state index in [4.69, 9.17) is 9.72 Å². The first kappa shape index (κ1) is 19.6. The summed E-state index contributed by atoms with van der Waals surface area (Å²) in [4.78, 5) is 25.9. The Morgan fingerprint density at radius 3 is 2.46 bits per heavy atom. The minimum atomic E-state index is -3.41. The summed E-state index contributed by atoms with van der Waals surface area (Å²) >= 11 is 0. The van der Waals surface area contributed by atoms with Gasteiger partial charge in [-0.05, 0) is 32.1 Å². The van der Waals surface area contributed by atoms with Crippen molar-refractivity contribution in [1.82, 2.24) is 14.9 Å². The van der Waals surface area contributed by atoms with Crippen LogP contribution in [0, 0.1) is 5.92 Å². The highest BCUT2D eigenvalue weighted by Gasteiger charge is 2.33. The van der Waals surface area contributed by atoms with Crippen LogP contribution in [-0.4, -0.2) is 74.8 Å². The minimum absolute atomic E-state index is 0.0241. The molecule has 0 N–H and O–H groups in total. The van der Waals surface area contributed by atoms with Gasteiger partial charge in [0.15, 0.2) is 9.84 Å². The van der Waals surface area contributed by atoms with Gasteiger partial charge in [-0.25, -0.2) is 18.4 Å². The predicted molar refractivity (Wildman–Crippen MR) is 104 cm³/mol. The summed E-state index contributed by atoms with van der Waals surface area (Å²) in [5.74, 6) is 0.795. The number of ether oxygens (including phenoxy) is 1. The van der Waals surface area contributed by atoms with Crippen LogP contribution < -0.4 is 4.90 Å². The van der Waals surface area contributed by atoms with Crippen LogP contribution in [0.15, 0.2) is 11.1 Å². The zero-order chi connectivity index (χ0) is 19.7. The third kappa shape index (κ3) is 4.00. The molecule has 8 nitrogen and oxygen atoms in total. The van der Waals surface area contributed by atoms with E-state index in [-0.39, 0.29) is 22.6 Å². The van der Waals surface area contributed by atoms with E-state index in [2.05, 4.69) is 9.88 Å². The zero-order valence-electron chi connectivity index (χ0n) is 16.3. The van der Waals surface area contributed by atoms with Crippen LogP contribution in [-0.2, 0) is 19.4 Å². The quantitative estimate of drug-likeness (QED) is 0.740. The number of carbonyl (C=O) groups excluding carboxylic acids is 1. The van der Waals surface area contributed by atoms with Crippen molar-refractivity contribution in [1.29, 1.82) is 0 Å². The summed E-state index contributed by atoms with van der Waals surface area (Å²) < 4.78 is 29.9. The Balaban J connectivity index is 1.52. The molecule has 0 bridgehead atoms. The number of nitrogens with zero attached hydrogens (tertiary/aromatic N) is 4. The molecule has 1 amide bonds. The van der Waals surface area contributed by atoms with E-state index in [1.165, 1.54) is 12.5 Å². The van der Waals surface area contributed by atoms with Gasteiger partial charge in [0, 0.05) is 45.0 Å². The van der Waals surface area contributed by atoms with Crippen LogP contribution in [0.4, 0.5) is 5.95 Å². The summed E-state index contributed by atoms with van der Waals surface area (Å²) in [5.41, 5.74) is 0.621. The number of likely N-dealkylation sites (tertiary alicyclic amines) is 1. The Kier molecular flexibility index (Phi) is 5.55. The van der Waals surface area contributed by atoms with Crippen LogP contribution in [0.5, 0.6) is 0 Å². The summed E-state index contributed by atoms with van der Waals surface area (Å²) in [6.45, 7) is 4.26. The molecule has 4 rings (SSSR count). The van der Waals surface area contributed by atoms with Gasteiger partial charge >= 0.3 is 0 Å². The van der Waals surface area contributed by atoms with Gasteiger partial charge in [-0.3, -0.25) is 4.79 Å². The molecular formula is C19H28N4O4S. The average molecular weight is 409 g/mol. The molecule has 3 aliphatic heterocycles. The van der Waals surface area contributed by atoms with Crippen LogP contribution in [0.25, 0.3) is 0 Å². The number of piperidine rings is 1. The summed E-state index contributed by atoms with van der Waals surface area (Å²) in [5, 5.41) is 0. The molecule has 0 saturated carbocycles. The van der Waals surface area contributed by atoms with Crippen LogP contribution in [0.2, 0.25) is 0 Å². The molecule has 28 heavy (non-hydrogen) atoms. The van der Waals surface area contributed by atoms with Crippen LogP contribution in [0.3, 0.4) is 0 Å². The van der Waals surface area contributed by atoms with Crippen LogP contribution >= 0.6 is 0 Å². The van der Waals surface area contributed by atoms with Crippen molar-refractivity contribution >= 4 is 21.7 Å². The maximum atomic E-state index is 12.6. The molecule has 1 aromatic rings. The van der Waals surface area contributed by atoms with Crippen molar-refractivity contribution in [3.8, 4) is 0 Å². The van der Waals surface area contributed by atoms with Gasteiger partial charge < -0.3 is 14.5 Å². The first-order chi connectivity index (χ1) is 13.4. The second kappa shape index (κ2) is 7.94. The standard InChI is InChI=1S/C19H28N4O4S/c1-28(25,26)16-12-20-19(23-7-2-3-8-23)21-17(16)14-4-9-22(10-5-14)18(24)15-6-11-27-13-15/h12,14-15H,2-11,13H2,1H3/t15-/m1/s1. The molecule has 0 aromatic carbocycles. The normalized spacial score (nSPS) is 24.1. The largest absolute Gasteiger partial charge is 0.381 e. The zero-order valence-corrected chi connectivity index (χ0v) is 17.2. The fraction of sp³-hybridized carbons (Fsp3) is 0.737. The molecule has 3 fully saturated rings. The number of anilines is 1. The van der Waals surface area contributed by atoms with Gasteiger partial charge in [0.25, 0.3) is 0 Å². The molecule has 9 heteroatoms. The lowest BCUT2D eigenvalue weighted by molar-refractivity contribution is -0.136. The first-order valence-electron chi connectivity index (χ1n) is 10.1. The second-order valence-electron chi connectivity index (χ2n) is 8.05. The van der Waals surface area contributed by atoms with E-state index in [1.807, 2.05) is 4.90 Å². The molecule has 0 radical (unpaired) electrons.